The molecule has 164 valence electrons. The number of aryl methyl sites for hydroxylation is 1. The van der Waals surface area contributed by atoms with Gasteiger partial charge in [-0.1, -0.05) is 24.1 Å². The standard InChI is InChI=1S/C24H30N4O3/c1-17-7-10-21(11-8-17)25-23(29)24(30)27-26-18(2)19-9-12-22(31-3)20(15-19)16-28-13-5-4-6-14-28/h7-12,15H,4-6,13-14,16H2,1-3H3,(H,25,29)(H,27,30)/b26-18-. The summed E-state index contributed by atoms with van der Waals surface area (Å²) in [5.41, 5.74) is 6.53. The number of rotatable bonds is 6. The van der Waals surface area contributed by atoms with Gasteiger partial charge in [0.15, 0.2) is 0 Å². The quantitative estimate of drug-likeness (QED) is 0.424. The molecule has 1 aliphatic rings. The Morgan fingerprint density at radius 1 is 1.03 bits per heavy atom. The normalized spacial score (nSPS) is 14.7. The average Bonchev–Trinajstić information content (AvgIpc) is 2.79. The highest BCUT2D eigenvalue weighted by Crippen LogP contribution is 2.23. The summed E-state index contributed by atoms with van der Waals surface area (Å²) >= 11 is 0. The van der Waals surface area contributed by atoms with Crippen LogP contribution in [0.25, 0.3) is 0 Å². The maximum Gasteiger partial charge on any atom is 0.329 e. The molecule has 2 aromatic carbocycles. The molecule has 3 rings (SSSR count). The van der Waals surface area contributed by atoms with Gasteiger partial charge in [-0.25, -0.2) is 5.43 Å². The molecule has 7 nitrogen and oxygen atoms in total. The summed E-state index contributed by atoms with van der Waals surface area (Å²) in [6, 6.07) is 13.1. The van der Waals surface area contributed by atoms with E-state index in [1.54, 1.807) is 26.2 Å². The first kappa shape index (κ1) is 22.5. The number of amides is 2. The lowest BCUT2D eigenvalue weighted by molar-refractivity contribution is -0.136. The Bertz CT molecular complexity index is 948. The van der Waals surface area contributed by atoms with Crippen molar-refractivity contribution in [3.05, 3.63) is 59.2 Å². The SMILES string of the molecule is COc1ccc(/C(C)=N\NC(=O)C(=O)Nc2ccc(C)cc2)cc1CN1CCCCC1. The Morgan fingerprint density at radius 3 is 2.42 bits per heavy atom. The van der Waals surface area contributed by atoms with E-state index in [9.17, 15) is 9.59 Å². The molecule has 2 N–H and O–H groups in total. The Balaban J connectivity index is 1.64. The molecule has 0 aliphatic carbocycles. The van der Waals surface area contributed by atoms with Gasteiger partial charge in [0.05, 0.1) is 12.8 Å². The Morgan fingerprint density at radius 2 is 1.74 bits per heavy atom. The van der Waals surface area contributed by atoms with Crippen LogP contribution >= 0.6 is 0 Å². The van der Waals surface area contributed by atoms with E-state index in [0.717, 1.165) is 42.1 Å². The van der Waals surface area contributed by atoms with Gasteiger partial charge in [-0.3, -0.25) is 14.5 Å². The van der Waals surface area contributed by atoms with Crippen LogP contribution < -0.4 is 15.5 Å². The molecule has 0 aromatic heterocycles. The molecule has 0 unspecified atom stereocenters. The van der Waals surface area contributed by atoms with Gasteiger partial charge >= 0.3 is 11.8 Å². The van der Waals surface area contributed by atoms with Crippen molar-refractivity contribution in [1.82, 2.24) is 10.3 Å². The third-order valence-corrected chi connectivity index (χ3v) is 5.38. The summed E-state index contributed by atoms with van der Waals surface area (Å²) in [6.07, 6.45) is 3.73. The number of hydrogen-bond acceptors (Lipinski definition) is 5. The third-order valence-electron chi connectivity index (χ3n) is 5.38. The Labute approximate surface area is 183 Å². The highest BCUT2D eigenvalue weighted by atomic mass is 16.5. The highest BCUT2D eigenvalue weighted by molar-refractivity contribution is 6.39. The molecular weight excluding hydrogens is 392 g/mol. The van der Waals surface area contributed by atoms with Crippen molar-refractivity contribution in [2.45, 2.75) is 39.7 Å². The summed E-state index contributed by atoms with van der Waals surface area (Å²) in [7, 11) is 1.67. The van der Waals surface area contributed by atoms with Gasteiger partial charge in [0.25, 0.3) is 0 Å². The van der Waals surface area contributed by atoms with Crippen LogP contribution in [-0.2, 0) is 16.1 Å². The number of nitrogens with zero attached hydrogens (tertiary/aromatic N) is 2. The topological polar surface area (TPSA) is 83.0 Å². The Hall–Kier alpha value is -3.19. The number of benzene rings is 2. The van der Waals surface area contributed by atoms with E-state index < -0.39 is 11.8 Å². The van der Waals surface area contributed by atoms with Gasteiger partial charge in [-0.15, -0.1) is 0 Å². The number of likely N-dealkylation sites (tertiary alicyclic amines) is 1. The number of carbonyl (C=O) groups is 2. The second-order valence-electron chi connectivity index (χ2n) is 7.82. The van der Waals surface area contributed by atoms with E-state index >= 15 is 0 Å². The molecular formula is C24H30N4O3. The first-order chi connectivity index (χ1) is 15.0. The van der Waals surface area contributed by atoms with Crippen molar-refractivity contribution in [1.29, 1.82) is 0 Å². The average molecular weight is 423 g/mol. The Kier molecular flexibility index (Phi) is 7.78. The summed E-state index contributed by atoms with van der Waals surface area (Å²) in [5, 5.41) is 6.68. The molecule has 1 saturated heterocycles. The van der Waals surface area contributed by atoms with Crippen molar-refractivity contribution in [2.75, 3.05) is 25.5 Å². The van der Waals surface area contributed by atoms with Gasteiger partial charge in [-0.2, -0.15) is 5.10 Å². The fourth-order valence-electron chi connectivity index (χ4n) is 3.56. The molecule has 0 bridgehead atoms. The monoisotopic (exact) mass is 422 g/mol. The fourth-order valence-corrected chi connectivity index (χ4v) is 3.56. The molecule has 2 aromatic rings. The lowest BCUT2D eigenvalue weighted by Crippen LogP contribution is -2.33. The molecule has 0 spiro atoms. The molecule has 0 radical (unpaired) electrons. The second kappa shape index (κ2) is 10.7. The lowest BCUT2D eigenvalue weighted by atomic mass is 10.0. The van der Waals surface area contributed by atoms with Gasteiger partial charge in [0.1, 0.15) is 5.75 Å². The molecule has 0 atom stereocenters. The molecule has 1 heterocycles. The van der Waals surface area contributed by atoms with E-state index in [1.807, 2.05) is 37.3 Å². The maximum absolute atomic E-state index is 12.1. The van der Waals surface area contributed by atoms with Crippen LogP contribution in [0.2, 0.25) is 0 Å². The smallest absolute Gasteiger partial charge is 0.329 e. The minimum atomic E-state index is -0.818. The predicted molar refractivity (Wildman–Crippen MR) is 122 cm³/mol. The van der Waals surface area contributed by atoms with Gasteiger partial charge in [0.2, 0.25) is 0 Å². The van der Waals surface area contributed by atoms with Crippen molar-refractivity contribution in [3.63, 3.8) is 0 Å². The number of piperidine rings is 1. The van der Waals surface area contributed by atoms with Gasteiger partial charge in [0, 0.05) is 17.8 Å². The van der Waals surface area contributed by atoms with E-state index in [1.165, 1.54) is 19.3 Å². The number of hydrogen-bond donors (Lipinski definition) is 2. The molecule has 31 heavy (non-hydrogen) atoms. The molecule has 1 fully saturated rings. The number of hydrazone groups is 1. The van der Waals surface area contributed by atoms with E-state index in [2.05, 4.69) is 20.7 Å². The van der Waals surface area contributed by atoms with E-state index in [-0.39, 0.29) is 0 Å². The first-order valence-electron chi connectivity index (χ1n) is 10.6. The minimum absolute atomic E-state index is 0.559. The van der Waals surface area contributed by atoms with Crippen molar-refractivity contribution < 1.29 is 14.3 Å². The number of nitrogens with one attached hydrogen (secondary N) is 2. The summed E-state index contributed by atoms with van der Waals surface area (Å²) in [4.78, 5) is 26.6. The number of anilines is 1. The van der Waals surface area contributed by atoms with Crippen LogP contribution in [0, 0.1) is 6.92 Å². The van der Waals surface area contributed by atoms with Crippen molar-refractivity contribution in [2.24, 2.45) is 5.10 Å². The van der Waals surface area contributed by atoms with Crippen LogP contribution in [0.3, 0.4) is 0 Å². The zero-order valence-electron chi connectivity index (χ0n) is 18.4. The fraction of sp³-hybridized carbons (Fsp3) is 0.375. The number of carbonyl (C=O) groups excluding carboxylic acids is 2. The zero-order valence-corrected chi connectivity index (χ0v) is 18.4. The molecule has 1 aliphatic heterocycles. The zero-order chi connectivity index (χ0) is 22.2. The number of methoxy groups -OCH3 is 1. The van der Waals surface area contributed by atoms with Crippen molar-refractivity contribution >= 4 is 23.2 Å². The van der Waals surface area contributed by atoms with Crippen LogP contribution in [0.15, 0.2) is 47.6 Å². The van der Waals surface area contributed by atoms with E-state index in [4.69, 9.17) is 4.74 Å². The van der Waals surface area contributed by atoms with Crippen LogP contribution in [0.4, 0.5) is 5.69 Å². The molecule has 0 saturated carbocycles. The summed E-state index contributed by atoms with van der Waals surface area (Å²) < 4.78 is 5.53. The maximum atomic E-state index is 12.1. The summed E-state index contributed by atoms with van der Waals surface area (Å²) in [6.45, 7) is 6.74. The van der Waals surface area contributed by atoms with Crippen LogP contribution in [0.1, 0.15) is 42.9 Å². The molecule has 2 amide bonds. The van der Waals surface area contributed by atoms with Gasteiger partial charge in [-0.05, 0) is 75.7 Å². The van der Waals surface area contributed by atoms with E-state index in [0.29, 0.717) is 11.4 Å². The lowest BCUT2D eigenvalue weighted by Gasteiger charge is -2.27. The summed E-state index contributed by atoms with van der Waals surface area (Å²) in [5.74, 6) is -0.744. The second-order valence-corrected chi connectivity index (χ2v) is 7.82. The first-order valence-corrected chi connectivity index (χ1v) is 10.6. The molecule has 7 heteroatoms. The predicted octanol–water partition coefficient (Wildman–Crippen LogP) is 3.47. The number of ether oxygens (including phenoxy) is 1. The van der Waals surface area contributed by atoms with Crippen molar-refractivity contribution in [3.8, 4) is 5.75 Å². The largest absolute Gasteiger partial charge is 0.496 e. The highest BCUT2D eigenvalue weighted by Gasteiger charge is 2.15. The van der Waals surface area contributed by atoms with Crippen LogP contribution in [-0.4, -0.2) is 42.6 Å². The van der Waals surface area contributed by atoms with Gasteiger partial charge < -0.3 is 10.1 Å². The van der Waals surface area contributed by atoms with Crippen LogP contribution in [0.5, 0.6) is 5.75 Å². The minimum Gasteiger partial charge on any atom is -0.496 e. The third kappa shape index (κ3) is 6.39.